The summed E-state index contributed by atoms with van der Waals surface area (Å²) >= 11 is 6.00. The van der Waals surface area contributed by atoms with E-state index < -0.39 is 18.5 Å². The van der Waals surface area contributed by atoms with Crippen LogP contribution in [0, 0.1) is 20.8 Å². The predicted octanol–water partition coefficient (Wildman–Crippen LogP) is 4.41. The zero-order valence-corrected chi connectivity index (χ0v) is 16.4. The smallest absolute Gasteiger partial charge is 0.306 e. The molecule has 0 heterocycles. The molecule has 0 saturated heterocycles. The second kappa shape index (κ2) is 9.33. The van der Waals surface area contributed by atoms with Crippen LogP contribution in [0.3, 0.4) is 0 Å². The van der Waals surface area contributed by atoms with Gasteiger partial charge in [0.05, 0.1) is 6.42 Å². The molecule has 0 spiro atoms. The van der Waals surface area contributed by atoms with Gasteiger partial charge in [0.1, 0.15) is 0 Å². The lowest BCUT2D eigenvalue weighted by Gasteiger charge is -2.10. The summed E-state index contributed by atoms with van der Waals surface area (Å²) in [6.07, 6.45) is -0.0339. The average molecular weight is 388 g/mol. The molecule has 1 amide bonds. The Hall–Kier alpha value is -2.66. The number of carbonyl (C=O) groups is 3. The van der Waals surface area contributed by atoms with Crippen molar-refractivity contribution in [2.75, 3.05) is 11.9 Å². The largest absolute Gasteiger partial charge is 0.456 e. The molecule has 142 valence electrons. The molecule has 0 bridgehead atoms. The number of hydrogen-bond donors (Lipinski definition) is 1. The van der Waals surface area contributed by atoms with Crippen LogP contribution >= 0.6 is 11.6 Å². The third-order valence-corrected chi connectivity index (χ3v) is 4.57. The molecule has 2 aromatic carbocycles. The number of ketones is 1. The van der Waals surface area contributed by atoms with Crippen LogP contribution in [0.15, 0.2) is 36.4 Å². The van der Waals surface area contributed by atoms with Gasteiger partial charge in [0.15, 0.2) is 12.4 Å². The van der Waals surface area contributed by atoms with E-state index in [1.807, 2.05) is 32.0 Å². The van der Waals surface area contributed by atoms with Gasteiger partial charge < -0.3 is 10.1 Å². The third kappa shape index (κ3) is 5.93. The quantitative estimate of drug-likeness (QED) is 0.564. The minimum absolute atomic E-state index is 0.0398. The van der Waals surface area contributed by atoms with Crippen LogP contribution in [-0.4, -0.2) is 24.3 Å². The van der Waals surface area contributed by atoms with Crippen molar-refractivity contribution in [3.8, 4) is 0 Å². The molecule has 0 unspecified atom stereocenters. The molecule has 0 atom stereocenters. The van der Waals surface area contributed by atoms with Crippen LogP contribution in [0.1, 0.15) is 39.9 Å². The zero-order valence-electron chi connectivity index (χ0n) is 15.6. The van der Waals surface area contributed by atoms with Gasteiger partial charge in [-0.2, -0.15) is 0 Å². The van der Waals surface area contributed by atoms with E-state index in [-0.39, 0.29) is 18.6 Å². The number of aryl methyl sites for hydroxylation is 2. The molecule has 1 N–H and O–H groups in total. The molecular formula is C21H22ClNO4. The summed E-state index contributed by atoms with van der Waals surface area (Å²) in [6.45, 7) is 5.13. The summed E-state index contributed by atoms with van der Waals surface area (Å²) in [5, 5.41) is 3.18. The number of rotatable bonds is 7. The van der Waals surface area contributed by atoms with Gasteiger partial charge >= 0.3 is 5.97 Å². The third-order valence-electron chi connectivity index (χ3n) is 4.16. The molecule has 27 heavy (non-hydrogen) atoms. The van der Waals surface area contributed by atoms with E-state index in [1.54, 1.807) is 25.1 Å². The number of ether oxygens (including phenoxy) is 1. The molecule has 0 aliphatic heterocycles. The first-order chi connectivity index (χ1) is 12.8. The first-order valence-corrected chi connectivity index (χ1v) is 8.96. The van der Waals surface area contributed by atoms with Crippen LogP contribution in [0.25, 0.3) is 0 Å². The Bertz CT molecular complexity index is 876. The van der Waals surface area contributed by atoms with Gasteiger partial charge in [-0.25, -0.2) is 0 Å². The maximum Gasteiger partial charge on any atom is 0.306 e. The highest BCUT2D eigenvalue weighted by Gasteiger charge is 2.14. The van der Waals surface area contributed by atoms with Crippen molar-refractivity contribution in [2.45, 2.75) is 33.6 Å². The number of Topliss-reactive ketones (excluding diaryl/α,β-unsaturated/α-hetero) is 1. The first-order valence-electron chi connectivity index (χ1n) is 8.59. The van der Waals surface area contributed by atoms with Gasteiger partial charge in [-0.05, 0) is 50.1 Å². The molecule has 5 nitrogen and oxygen atoms in total. The van der Waals surface area contributed by atoms with Crippen LogP contribution in [-0.2, 0) is 14.3 Å². The van der Waals surface area contributed by atoms with Crippen molar-refractivity contribution in [1.82, 2.24) is 0 Å². The molecule has 0 fully saturated rings. The lowest BCUT2D eigenvalue weighted by atomic mass is 9.99. The Balaban J connectivity index is 1.80. The maximum absolute atomic E-state index is 12.3. The Morgan fingerprint density at radius 3 is 2.52 bits per heavy atom. The molecule has 0 aliphatic carbocycles. The Kier molecular flexibility index (Phi) is 7.13. The number of benzene rings is 2. The molecule has 0 radical (unpaired) electrons. The summed E-state index contributed by atoms with van der Waals surface area (Å²) in [5.41, 5.74) is 3.76. The van der Waals surface area contributed by atoms with Crippen molar-refractivity contribution < 1.29 is 19.1 Å². The fourth-order valence-corrected chi connectivity index (χ4v) is 2.71. The molecule has 0 saturated carbocycles. The van der Waals surface area contributed by atoms with Gasteiger partial charge in [-0.3, -0.25) is 14.4 Å². The number of carbonyl (C=O) groups excluding carboxylic acids is 3. The van der Waals surface area contributed by atoms with E-state index in [0.29, 0.717) is 16.3 Å². The fourth-order valence-electron chi connectivity index (χ4n) is 2.53. The van der Waals surface area contributed by atoms with Crippen LogP contribution in [0.4, 0.5) is 5.69 Å². The highest BCUT2D eigenvalue weighted by molar-refractivity contribution is 6.31. The van der Waals surface area contributed by atoms with E-state index in [4.69, 9.17) is 16.3 Å². The van der Waals surface area contributed by atoms with E-state index in [1.165, 1.54) is 0 Å². The molecule has 2 aromatic rings. The van der Waals surface area contributed by atoms with Crippen molar-refractivity contribution in [3.05, 3.63) is 63.7 Å². The fraction of sp³-hybridized carbons (Fsp3) is 0.286. The summed E-state index contributed by atoms with van der Waals surface area (Å²) in [4.78, 5) is 36.0. The summed E-state index contributed by atoms with van der Waals surface area (Å²) in [5.74, 6) is -1.17. The normalized spacial score (nSPS) is 10.4. The first kappa shape index (κ1) is 20.6. The number of halogens is 1. The minimum Gasteiger partial charge on any atom is -0.456 e. The maximum atomic E-state index is 12.3. The molecular weight excluding hydrogens is 366 g/mol. The number of amides is 1. The van der Waals surface area contributed by atoms with Gasteiger partial charge in [-0.1, -0.05) is 35.4 Å². The Labute approximate surface area is 163 Å². The van der Waals surface area contributed by atoms with E-state index >= 15 is 0 Å². The standard InChI is InChI=1S/C21H22ClNO4/c1-13-7-8-14(2)16(11-13)19(24)9-10-21(26)27-12-20(25)23-18-6-4-5-17(22)15(18)3/h4-8,11H,9-10,12H2,1-3H3,(H,23,25). The molecule has 6 heteroatoms. The van der Waals surface area contributed by atoms with Gasteiger partial charge in [0.25, 0.3) is 5.91 Å². The molecule has 0 aromatic heterocycles. The number of nitrogens with one attached hydrogen (secondary N) is 1. The number of hydrogen-bond acceptors (Lipinski definition) is 4. The van der Waals surface area contributed by atoms with Crippen molar-refractivity contribution in [2.24, 2.45) is 0 Å². The van der Waals surface area contributed by atoms with Gasteiger partial charge in [-0.15, -0.1) is 0 Å². The summed E-state index contributed by atoms with van der Waals surface area (Å²) < 4.78 is 4.95. The topological polar surface area (TPSA) is 72.5 Å². The van der Waals surface area contributed by atoms with Crippen LogP contribution in [0.2, 0.25) is 5.02 Å². The minimum atomic E-state index is -0.591. The Morgan fingerprint density at radius 1 is 1.04 bits per heavy atom. The summed E-state index contributed by atoms with van der Waals surface area (Å²) in [6, 6.07) is 10.8. The van der Waals surface area contributed by atoms with Crippen molar-refractivity contribution >= 4 is 34.9 Å². The second-order valence-corrected chi connectivity index (χ2v) is 6.77. The zero-order chi connectivity index (χ0) is 20.0. The van der Waals surface area contributed by atoms with Gasteiger partial charge in [0.2, 0.25) is 0 Å². The average Bonchev–Trinajstić information content (AvgIpc) is 2.63. The van der Waals surface area contributed by atoms with E-state index in [2.05, 4.69) is 5.32 Å². The molecule has 2 rings (SSSR count). The van der Waals surface area contributed by atoms with E-state index in [0.717, 1.165) is 16.7 Å². The number of esters is 1. The van der Waals surface area contributed by atoms with Crippen LogP contribution < -0.4 is 5.32 Å². The Morgan fingerprint density at radius 2 is 1.78 bits per heavy atom. The number of anilines is 1. The van der Waals surface area contributed by atoms with Crippen molar-refractivity contribution in [1.29, 1.82) is 0 Å². The van der Waals surface area contributed by atoms with E-state index in [9.17, 15) is 14.4 Å². The lowest BCUT2D eigenvalue weighted by molar-refractivity contribution is -0.147. The highest BCUT2D eigenvalue weighted by Crippen LogP contribution is 2.22. The SMILES string of the molecule is Cc1ccc(C)c(C(=O)CCC(=O)OCC(=O)Nc2cccc(Cl)c2C)c1. The predicted molar refractivity (Wildman–Crippen MR) is 105 cm³/mol. The highest BCUT2D eigenvalue weighted by atomic mass is 35.5. The van der Waals surface area contributed by atoms with Crippen LogP contribution in [0.5, 0.6) is 0 Å². The lowest BCUT2D eigenvalue weighted by Crippen LogP contribution is -2.21. The monoisotopic (exact) mass is 387 g/mol. The van der Waals surface area contributed by atoms with Crippen molar-refractivity contribution in [3.63, 3.8) is 0 Å². The second-order valence-electron chi connectivity index (χ2n) is 6.36. The summed E-state index contributed by atoms with van der Waals surface area (Å²) in [7, 11) is 0. The van der Waals surface area contributed by atoms with Gasteiger partial charge in [0, 0.05) is 22.7 Å². The molecule has 0 aliphatic rings.